The summed E-state index contributed by atoms with van der Waals surface area (Å²) >= 11 is 0. The number of benzene rings is 1. The molecule has 1 N–H and O–H groups in total. The number of rotatable bonds is 17. The van der Waals surface area contributed by atoms with Gasteiger partial charge in [0, 0.05) is 38.5 Å². The predicted octanol–water partition coefficient (Wildman–Crippen LogP) is 4.35. The van der Waals surface area contributed by atoms with Crippen molar-refractivity contribution >= 4 is 23.4 Å². The number of fused-ring (bicyclic) bond motifs is 1. The molecule has 3 amide bonds. The van der Waals surface area contributed by atoms with Gasteiger partial charge in [-0.1, -0.05) is 25.5 Å². The summed E-state index contributed by atoms with van der Waals surface area (Å²) in [6.07, 6.45) is 8.29. The number of hydrogen-bond acceptors (Lipinski definition) is 6. The lowest BCUT2D eigenvalue weighted by atomic mass is 9.66. The Bertz CT molecular complexity index is 1170. The van der Waals surface area contributed by atoms with Crippen LogP contribution < -0.4 is 9.64 Å². The van der Waals surface area contributed by atoms with Gasteiger partial charge in [0.2, 0.25) is 17.7 Å². The van der Waals surface area contributed by atoms with E-state index >= 15 is 0 Å². The molecule has 9 nitrogen and oxygen atoms in total. The van der Waals surface area contributed by atoms with Gasteiger partial charge in [0.1, 0.15) is 17.4 Å². The average molecular weight is 596 g/mol. The summed E-state index contributed by atoms with van der Waals surface area (Å²) in [5.41, 5.74) is -1.27. The number of ether oxygens (including phenoxy) is 2. The molecule has 1 aromatic rings. The van der Waals surface area contributed by atoms with Crippen molar-refractivity contribution in [3.63, 3.8) is 0 Å². The van der Waals surface area contributed by atoms with Gasteiger partial charge < -0.3 is 29.3 Å². The third kappa shape index (κ3) is 6.11. The molecule has 0 aliphatic carbocycles. The Balaban J connectivity index is 1.73. The monoisotopic (exact) mass is 595 g/mol. The van der Waals surface area contributed by atoms with Gasteiger partial charge in [0.15, 0.2) is 0 Å². The van der Waals surface area contributed by atoms with Crippen LogP contribution in [-0.4, -0.2) is 89.3 Å². The molecule has 5 atom stereocenters. The van der Waals surface area contributed by atoms with E-state index in [1.54, 1.807) is 26.9 Å². The number of likely N-dealkylation sites (tertiary alicyclic amines) is 1. The van der Waals surface area contributed by atoms with Crippen LogP contribution in [-0.2, 0) is 19.1 Å². The summed E-state index contributed by atoms with van der Waals surface area (Å²) in [7, 11) is 0. The van der Waals surface area contributed by atoms with Gasteiger partial charge in [-0.25, -0.2) is 0 Å². The van der Waals surface area contributed by atoms with Crippen molar-refractivity contribution in [3.05, 3.63) is 49.6 Å². The van der Waals surface area contributed by atoms with E-state index < -0.39 is 29.1 Å². The number of nitrogens with zero attached hydrogens (tertiary/aromatic N) is 3. The lowest BCUT2D eigenvalue weighted by Gasteiger charge is -2.37. The van der Waals surface area contributed by atoms with Gasteiger partial charge in [0.25, 0.3) is 0 Å². The molecule has 9 heteroatoms. The third-order valence-corrected chi connectivity index (χ3v) is 9.31. The first-order valence-electron chi connectivity index (χ1n) is 15.9. The summed E-state index contributed by atoms with van der Waals surface area (Å²) < 4.78 is 12.4. The van der Waals surface area contributed by atoms with Crippen LogP contribution in [0.15, 0.2) is 49.6 Å². The fraction of sp³-hybridized carbons (Fsp3) is 0.618. The van der Waals surface area contributed by atoms with E-state index in [0.717, 1.165) is 19.3 Å². The Morgan fingerprint density at radius 2 is 1.79 bits per heavy atom. The highest BCUT2D eigenvalue weighted by Gasteiger charge is 2.78. The van der Waals surface area contributed by atoms with Crippen LogP contribution in [0.1, 0.15) is 65.7 Å². The van der Waals surface area contributed by atoms with Crippen LogP contribution in [0.3, 0.4) is 0 Å². The number of anilines is 1. The number of unbranched alkanes of at least 4 members (excludes halogenated alkanes) is 3. The fourth-order valence-corrected chi connectivity index (χ4v) is 7.37. The van der Waals surface area contributed by atoms with Crippen molar-refractivity contribution in [2.75, 3.05) is 44.3 Å². The van der Waals surface area contributed by atoms with Crippen molar-refractivity contribution in [2.45, 2.75) is 83.0 Å². The molecule has 3 aliphatic heterocycles. The molecule has 0 aromatic heterocycles. The second-order valence-electron chi connectivity index (χ2n) is 12.1. The number of aliphatic hydroxyl groups is 1. The number of hydrogen-bond donors (Lipinski definition) is 1. The average Bonchev–Trinajstić information content (AvgIpc) is 3.56. The minimum atomic E-state index is -1.08. The maximum Gasteiger partial charge on any atom is 0.248 e. The predicted molar refractivity (Wildman–Crippen MR) is 167 cm³/mol. The SMILES string of the molecule is C=CCN(CCCC)C(=O)C1N(CCCCCO)C(=O)[C@@H]2[C@H](C(=O)N(CC=C)c3ccc(OCC)cc3)[C@]3(C)CCC12O3. The molecule has 3 saturated heterocycles. The maximum atomic E-state index is 14.5. The van der Waals surface area contributed by atoms with Gasteiger partial charge >= 0.3 is 0 Å². The maximum absolute atomic E-state index is 14.5. The molecular formula is C34H49N3O6. The largest absolute Gasteiger partial charge is 0.494 e. The smallest absolute Gasteiger partial charge is 0.248 e. The Morgan fingerprint density at radius 3 is 2.42 bits per heavy atom. The summed E-state index contributed by atoms with van der Waals surface area (Å²) in [4.78, 5) is 48.5. The summed E-state index contributed by atoms with van der Waals surface area (Å²) in [6, 6.07) is 6.53. The lowest BCUT2D eigenvalue weighted by Crippen LogP contribution is -2.56. The van der Waals surface area contributed by atoms with Crippen molar-refractivity contribution in [1.29, 1.82) is 0 Å². The van der Waals surface area contributed by atoms with E-state index in [1.807, 2.05) is 38.1 Å². The highest BCUT2D eigenvalue weighted by Crippen LogP contribution is 2.63. The van der Waals surface area contributed by atoms with Crippen LogP contribution >= 0.6 is 0 Å². The topological polar surface area (TPSA) is 99.6 Å². The molecule has 0 radical (unpaired) electrons. The molecule has 2 bridgehead atoms. The van der Waals surface area contributed by atoms with E-state index in [0.29, 0.717) is 63.4 Å². The zero-order valence-corrected chi connectivity index (χ0v) is 26.1. The minimum Gasteiger partial charge on any atom is -0.494 e. The fourth-order valence-electron chi connectivity index (χ4n) is 7.37. The summed E-state index contributed by atoms with van der Waals surface area (Å²) in [5, 5.41) is 9.31. The summed E-state index contributed by atoms with van der Waals surface area (Å²) in [6.45, 7) is 15.9. The first kappa shape index (κ1) is 32.7. The molecule has 43 heavy (non-hydrogen) atoms. The molecular weight excluding hydrogens is 546 g/mol. The Morgan fingerprint density at radius 1 is 1.07 bits per heavy atom. The Labute approximate surface area is 256 Å². The molecule has 0 saturated carbocycles. The number of aliphatic hydroxyl groups excluding tert-OH is 1. The quantitative estimate of drug-likeness (QED) is 0.212. The molecule has 4 rings (SSSR count). The molecule has 3 heterocycles. The molecule has 236 valence electrons. The van der Waals surface area contributed by atoms with Gasteiger partial charge in [-0.3, -0.25) is 14.4 Å². The highest BCUT2D eigenvalue weighted by atomic mass is 16.5. The van der Waals surface area contributed by atoms with Crippen LogP contribution in [0, 0.1) is 11.8 Å². The molecule has 3 aliphatic rings. The lowest BCUT2D eigenvalue weighted by molar-refractivity contribution is -0.151. The van der Waals surface area contributed by atoms with Crippen LogP contribution in [0.2, 0.25) is 0 Å². The number of amides is 3. The van der Waals surface area contributed by atoms with Crippen LogP contribution in [0.25, 0.3) is 0 Å². The van der Waals surface area contributed by atoms with E-state index in [-0.39, 0.29) is 30.9 Å². The Hall–Kier alpha value is -3.17. The van der Waals surface area contributed by atoms with Gasteiger partial charge in [0.05, 0.1) is 24.0 Å². The second kappa shape index (κ2) is 14.1. The molecule has 1 spiro atoms. The molecule has 1 aromatic carbocycles. The first-order valence-corrected chi connectivity index (χ1v) is 15.9. The Kier molecular flexibility index (Phi) is 10.7. The van der Waals surface area contributed by atoms with Crippen molar-refractivity contribution in [1.82, 2.24) is 9.80 Å². The normalized spacial score (nSPS) is 27.2. The first-order chi connectivity index (χ1) is 20.7. The van der Waals surface area contributed by atoms with Crippen molar-refractivity contribution < 1.29 is 29.0 Å². The zero-order valence-electron chi connectivity index (χ0n) is 26.1. The summed E-state index contributed by atoms with van der Waals surface area (Å²) in [5.74, 6) is -1.34. The number of carbonyl (C=O) groups excluding carboxylic acids is 3. The molecule has 3 fully saturated rings. The highest BCUT2D eigenvalue weighted by molar-refractivity contribution is 6.03. The van der Waals surface area contributed by atoms with Gasteiger partial charge in [-0.05, 0) is 76.6 Å². The van der Waals surface area contributed by atoms with E-state index in [4.69, 9.17) is 9.47 Å². The van der Waals surface area contributed by atoms with Crippen molar-refractivity contribution in [2.24, 2.45) is 11.8 Å². The third-order valence-electron chi connectivity index (χ3n) is 9.31. The van der Waals surface area contributed by atoms with Crippen LogP contribution in [0.4, 0.5) is 5.69 Å². The second-order valence-corrected chi connectivity index (χ2v) is 12.1. The van der Waals surface area contributed by atoms with Crippen LogP contribution in [0.5, 0.6) is 5.75 Å². The van der Waals surface area contributed by atoms with Gasteiger partial charge in [-0.2, -0.15) is 0 Å². The minimum absolute atomic E-state index is 0.0791. The van der Waals surface area contributed by atoms with E-state index in [9.17, 15) is 19.5 Å². The van der Waals surface area contributed by atoms with Gasteiger partial charge in [-0.15, -0.1) is 13.2 Å². The number of carbonyl (C=O) groups is 3. The van der Waals surface area contributed by atoms with Crippen molar-refractivity contribution in [3.8, 4) is 5.75 Å². The van der Waals surface area contributed by atoms with E-state index in [2.05, 4.69) is 20.1 Å². The molecule has 2 unspecified atom stereocenters. The standard InChI is InChI=1S/C34H49N3O6/c1-6-10-22-35(20-7-2)32(41)29-34-19-18-33(5,43-34)27(28(34)31(40)37(29)23-12-11-13-24-38)30(39)36(21-8-3)25-14-16-26(17-15-25)42-9-4/h7-8,14-17,27-29,38H,2-3,6,9-13,18-24H2,1,4-5H3/t27-,28+,29?,33+,34?/m1/s1. The van der Waals surface area contributed by atoms with E-state index in [1.165, 1.54) is 0 Å². The zero-order chi connectivity index (χ0) is 31.2.